The van der Waals surface area contributed by atoms with Gasteiger partial charge in [-0.1, -0.05) is 6.42 Å². The fourth-order valence-corrected chi connectivity index (χ4v) is 8.00. The smallest absolute Gasteiger partial charge is 0.245 e. The molecule has 2 aliphatic heterocycles. The van der Waals surface area contributed by atoms with Crippen LogP contribution in [0.15, 0.2) is 36.4 Å². The lowest BCUT2D eigenvalue weighted by atomic mass is 9.94. The number of sulfone groups is 1. The molecule has 9 heteroatoms. The first-order valence-electron chi connectivity index (χ1n) is 10.6. The van der Waals surface area contributed by atoms with E-state index >= 15 is 0 Å². The molecule has 0 bridgehead atoms. The molecule has 7 nitrogen and oxygen atoms in total. The molecule has 4 rings (SSSR count). The van der Waals surface area contributed by atoms with Gasteiger partial charge in [0.15, 0.2) is 16.1 Å². The van der Waals surface area contributed by atoms with Crippen LogP contribution in [0.1, 0.15) is 49.8 Å². The van der Waals surface area contributed by atoms with Crippen molar-refractivity contribution in [2.75, 3.05) is 12.4 Å². The number of benzene rings is 1. The molecular weight excluding hydrogens is 438 g/mol. The summed E-state index contributed by atoms with van der Waals surface area (Å²) in [4.78, 5) is 19.7. The Morgan fingerprint density at radius 3 is 2.68 bits per heavy atom. The number of phenols is 1. The third-order valence-electron chi connectivity index (χ3n) is 5.93. The molecule has 0 radical (unpaired) electrons. The first-order chi connectivity index (χ1) is 14.9. The van der Waals surface area contributed by atoms with Crippen LogP contribution in [-0.4, -0.2) is 38.1 Å². The lowest BCUT2D eigenvalue weighted by Crippen LogP contribution is -2.45. The van der Waals surface area contributed by atoms with Crippen molar-refractivity contribution in [1.82, 2.24) is 5.48 Å². The molecule has 2 aromatic rings. The van der Waals surface area contributed by atoms with Gasteiger partial charge in [0.05, 0.1) is 12.2 Å². The summed E-state index contributed by atoms with van der Waals surface area (Å²) in [7, 11) is -3.53. The van der Waals surface area contributed by atoms with Crippen molar-refractivity contribution >= 4 is 27.1 Å². The summed E-state index contributed by atoms with van der Waals surface area (Å²) in [6.07, 6.45) is 3.71. The fourth-order valence-electron chi connectivity index (χ4n) is 4.21. The Morgan fingerprint density at radius 1 is 1.16 bits per heavy atom. The summed E-state index contributed by atoms with van der Waals surface area (Å²) in [5.74, 6) is -0.219. The SMILES string of the molecule is O=C(C[C@]1(c2ccc(-c3ccc(O)cc3)s2)CCCCS1(=O)=O)NOC1CCCCO1. The van der Waals surface area contributed by atoms with Crippen LogP contribution in [0, 0.1) is 0 Å². The highest BCUT2D eigenvalue weighted by Crippen LogP contribution is 2.47. The standard InChI is InChI=1S/C22H27NO6S2/c24-17-8-6-16(7-9-17)18-10-11-19(30-18)22(12-2-4-14-31(22,26)27)15-20(25)23-29-21-5-1-3-13-28-21/h6-11,21,24H,1-5,12-15H2,(H,23,25)/t21?,22-/m0/s1. The molecule has 31 heavy (non-hydrogen) atoms. The van der Waals surface area contributed by atoms with E-state index in [1.165, 1.54) is 11.3 Å². The van der Waals surface area contributed by atoms with Gasteiger partial charge in [-0.15, -0.1) is 11.3 Å². The highest BCUT2D eigenvalue weighted by atomic mass is 32.2. The van der Waals surface area contributed by atoms with Crippen LogP contribution in [0.5, 0.6) is 5.75 Å². The van der Waals surface area contributed by atoms with Crippen LogP contribution in [0.25, 0.3) is 10.4 Å². The van der Waals surface area contributed by atoms with Crippen LogP contribution >= 0.6 is 11.3 Å². The number of carbonyl (C=O) groups excluding carboxylic acids is 1. The van der Waals surface area contributed by atoms with Crippen molar-refractivity contribution in [3.8, 4) is 16.2 Å². The molecule has 1 aromatic heterocycles. The van der Waals surface area contributed by atoms with Gasteiger partial charge in [0.2, 0.25) is 5.91 Å². The molecule has 2 fully saturated rings. The number of rotatable bonds is 6. The van der Waals surface area contributed by atoms with E-state index in [2.05, 4.69) is 5.48 Å². The molecule has 2 atom stereocenters. The lowest BCUT2D eigenvalue weighted by molar-refractivity contribution is -0.200. The number of nitrogens with one attached hydrogen (secondary N) is 1. The summed E-state index contributed by atoms with van der Waals surface area (Å²) in [6.45, 7) is 0.591. The monoisotopic (exact) mass is 465 g/mol. The van der Waals surface area contributed by atoms with E-state index in [0.29, 0.717) is 30.7 Å². The number of carbonyl (C=O) groups is 1. The van der Waals surface area contributed by atoms with Crippen molar-refractivity contribution in [3.63, 3.8) is 0 Å². The quantitative estimate of drug-likeness (QED) is 0.628. The summed E-state index contributed by atoms with van der Waals surface area (Å²) in [5.41, 5.74) is 3.31. The Morgan fingerprint density at radius 2 is 1.97 bits per heavy atom. The number of phenolic OH excluding ortho intramolecular Hbond substituents is 1. The Bertz CT molecular complexity index is 1010. The highest BCUT2D eigenvalue weighted by molar-refractivity contribution is 7.92. The molecule has 3 heterocycles. The second-order valence-electron chi connectivity index (χ2n) is 8.10. The number of amides is 1. The molecule has 0 spiro atoms. The van der Waals surface area contributed by atoms with Crippen LogP contribution in [0.2, 0.25) is 0 Å². The molecule has 2 N–H and O–H groups in total. The third-order valence-corrected chi connectivity index (χ3v) is 9.99. The van der Waals surface area contributed by atoms with Gasteiger partial charge in [0, 0.05) is 22.8 Å². The Hall–Kier alpha value is -1.94. The van der Waals surface area contributed by atoms with E-state index in [9.17, 15) is 18.3 Å². The first-order valence-corrected chi connectivity index (χ1v) is 13.0. The fraction of sp³-hybridized carbons (Fsp3) is 0.500. The minimum atomic E-state index is -3.53. The molecule has 2 aliphatic rings. The van der Waals surface area contributed by atoms with E-state index in [0.717, 1.165) is 29.7 Å². The molecule has 0 saturated carbocycles. The number of hydrogen-bond donors (Lipinski definition) is 2. The average molecular weight is 466 g/mol. The van der Waals surface area contributed by atoms with Gasteiger partial charge < -0.3 is 9.84 Å². The number of hydrogen-bond acceptors (Lipinski definition) is 7. The molecule has 2 saturated heterocycles. The molecule has 1 unspecified atom stereocenters. The van der Waals surface area contributed by atoms with E-state index < -0.39 is 26.8 Å². The van der Waals surface area contributed by atoms with E-state index in [4.69, 9.17) is 9.57 Å². The van der Waals surface area contributed by atoms with E-state index in [1.54, 1.807) is 24.3 Å². The number of hydroxylamine groups is 1. The van der Waals surface area contributed by atoms with E-state index in [-0.39, 0.29) is 17.9 Å². The predicted molar refractivity (Wildman–Crippen MR) is 118 cm³/mol. The minimum absolute atomic E-state index is 0.0688. The summed E-state index contributed by atoms with van der Waals surface area (Å²) < 4.78 is 30.7. The third kappa shape index (κ3) is 4.79. The van der Waals surface area contributed by atoms with Gasteiger partial charge in [-0.05, 0) is 67.6 Å². The zero-order chi connectivity index (χ0) is 21.9. The summed E-state index contributed by atoms with van der Waals surface area (Å²) >= 11 is 1.38. The number of thiophene rings is 1. The maximum absolute atomic E-state index is 13.3. The summed E-state index contributed by atoms with van der Waals surface area (Å²) in [6, 6.07) is 10.5. The van der Waals surface area contributed by atoms with Crippen molar-refractivity contribution in [3.05, 3.63) is 41.3 Å². The summed E-state index contributed by atoms with van der Waals surface area (Å²) in [5, 5.41) is 9.52. The first kappa shape index (κ1) is 22.3. The molecular formula is C22H27NO6S2. The van der Waals surface area contributed by atoms with Gasteiger partial charge in [-0.3, -0.25) is 4.79 Å². The maximum atomic E-state index is 13.3. The normalized spacial score (nSPS) is 25.7. The van der Waals surface area contributed by atoms with Crippen LogP contribution in [0.3, 0.4) is 0 Å². The topological polar surface area (TPSA) is 102 Å². The molecule has 168 valence electrons. The van der Waals surface area contributed by atoms with Crippen molar-refractivity contribution in [1.29, 1.82) is 0 Å². The Kier molecular flexibility index (Phi) is 6.66. The van der Waals surface area contributed by atoms with Crippen molar-refractivity contribution in [2.45, 2.75) is 56.0 Å². The van der Waals surface area contributed by atoms with Crippen LogP contribution < -0.4 is 5.48 Å². The Labute approximate surface area is 186 Å². The minimum Gasteiger partial charge on any atom is -0.508 e. The number of ether oxygens (including phenoxy) is 1. The zero-order valence-electron chi connectivity index (χ0n) is 17.2. The maximum Gasteiger partial charge on any atom is 0.245 e. The van der Waals surface area contributed by atoms with Crippen LogP contribution in [-0.2, 0) is 29.0 Å². The van der Waals surface area contributed by atoms with Gasteiger partial charge in [0.1, 0.15) is 10.5 Å². The van der Waals surface area contributed by atoms with Gasteiger partial charge >= 0.3 is 0 Å². The van der Waals surface area contributed by atoms with Crippen molar-refractivity contribution < 1.29 is 27.9 Å². The highest BCUT2D eigenvalue weighted by Gasteiger charge is 2.49. The van der Waals surface area contributed by atoms with Crippen LogP contribution in [0.4, 0.5) is 0 Å². The molecule has 1 amide bonds. The largest absolute Gasteiger partial charge is 0.508 e. The number of aromatic hydroxyl groups is 1. The van der Waals surface area contributed by atoms with Crippen molar-refractivity contribution in [2.24, 2.45) is 0 Å². The van der Waals surface area contributed by atoms with Gasteiger partial charge in [-0.2, -0.15) is 0 Å². The Balaban J connectivity index is 1.57. The van der Waals surface area contributed by atoms with Gasteiger partial charge in [-0.25, -0.2) is 18.7 Å². The second-order valence-corrected chi connectivity index (χ2v) is 11.6. The molecule has 0 aliphatic carbocycles. The molecule has 1 aromatic carbocycles. The predicted octanol–water partition coefficient (Wildman–Crippen LogP) is 3.88. The lowest BCUT2D eigenvalue weighted by Gasteiger charge is -2.35. The second kappa shape index (κ2) is 9.28. The average Bonchev–Trinajstić information content (AvgIpc) is 3.26. The van der Waals surface area contributed by atoms with Gasteiger partial charge in [0.25, 0.3) is 0 Å². The zero-order valence-corrected chi connectivity index (χ0v) is 18.8. The van der Waals surface area contributed by atoms with E-state index in [1.807, 2.05) is 12.1 Å².